The van der Waals surface area contributed by atoms with Gasteiger partial charge < -0.3 is 10.3 Å². The molecule has 3 rings (SSSR count). The van der Waals surface area contributed by atoms with Crippen molar-refractivity contribution in [3.8, 4) is 21.8 Å². The normalized spacial score (nSPS) is 10.8. The lowest BCUT2D eigenvalue weighted by atomic mass is 10.1. The molecule has 0 aliphatic heterocycles. The summed E-state index contributed by atoms with van der Waals surface area (Å²) in [5.74, 6) is 1.05. The molecule has 6 heteroatoms. The predicted molar refractivity (Wildman–Crippen MR) is 61.8 cm³/mol. The number of aromatic nitrogens is 3. The Hall–Kier alpha value is -2.08. The zero-order chi connectivity index (χ0) is 11.0. The highest BCUT2D eigenvalue weighted by Crippen LogP contribution is 2.38. The van der Waals surface area contributed by atoms with Gasteiger partial charge in [0.2, 0.25) is 0 Å². The summed E-state index contributed by atoms with van der Waals surface area (Å²) in [5, 5.41) is 12.4. The van der Waals surface area contributed by atoms with Crippen LogP contribution in [-0.2, 0) is 0 Å². The van der Waals surface area contributed by atoms with Crippen molar-refractivity contribution in [2.45, 2.75) is 0 Å². The van der Waals surface area contributed by atoms with Crippen LogP contribution in [0.3, 0.4) is 0 Å². The van der Waals surface area contributed by atoms with Gasteiger partial charge >= 0.3 is 0 Å². The number of hydrogen-bond acceptors (Lipinski definition) is 5. The fourth-order valence-electron chi connectivity index (χ4n) is 1.53. The Morgan fingerprint density at radius 3 is 3.06 bits per heavy atom. The van der Waals surface area contributed by atoms with Gasteiger partial charge in [-0.2, -0.15) is 5.10 Å². The number of aromatic amines is 1. The molecule has 5 nitrogen and oxygen atoms in total. The monoisotopic (exact) mass is 232 g/mol. The zero-order valence-electron chi connectivity index (χ0n) is 8.18. The van der Waals surface area contributed by atoms with Gasteiger partial charge in [-0.1, -0.05) is 11.2 Å². The SMILES string of the molecule is Nc1noc(-c2cn[nH]c2)c1-c1cccs1. The Morgan fingerprint density at radius 2 is 2.38 bits per heavy atom. The van der Waals surface area contributed by atoms with E-state index in [0.717, 1.165) is 16.0 Å². The van der Waals surface area contributed by atoms with E-state index in [1.54, 1.807) is 23.7 Å². The van der Waals surface area contributed by atoms with Crippen LogP contribution in [0.15, 0.2) is 34.4 Å². The van der Waals surface area contributed by atoms with Crippen molar-refractivity contribution < 1.29 is 4.52 Å². The number of anilines is 1. The quantitative estimate of drug-likeness (QED) is 0.710. The van der Waals surface area contributed by atoms with Crippen LogP contribution in [0.1, 0.15) is 0 Å². The number of hydrogen-bond donors (Lipinski definition) is 2. The molecule has 0 aromatic carbocycles. The summed E-state index contributed by atoms with van der Waals surface area (Å²) < 4.78 is 5.24. The van der Waals surface area contributed by atoms with E-state index < -0.39 is 0 Å². The second-order valence-corrected chi connectivity index (χ2v) is 4.18. The predicted octanol–water partition coefficient (Wildman–Crippen LogP) is 2.38. The molecule has 16 heavy (non-hydrogen) atoms. The Balaban J connectivity index is 2.21. The summed E-state index contributed by atoms with van der Waals surface area (Å²) in [5.41, 5.74) is 7.48. The molecule has 3 N–H and O–H groups in total. The molecule has 0 saturated heterocycles. The van der Waals surface area contributed by atoms with E-state index in [-0.39, 0.29) is 0 Å². The fraction of sp³-hybridized carbons (Fsp3) is 0. The summed E-state index contributed by atoms with van der Waals surface area (Å²) in [6.07, 6.45) is 3.42. The van der Waals surface area contributed by atoms with Gasteiger partial charge in [0.25, 0.3) is 0 Å². The van der Waals surface area contributed by atoms with Crippen LogP contribution in [0.25, 0.3) is 21.8 Å². The maximum absolute atomic E-state index is 5.81. The first-order valence-electron chi connectivity index (χ1n) is 4.64. The molecule has 0 aliphatic rings. The summed E-state index contributed by atoms with van der Waals surface area (Å²) in [6, 6.07) is 3.95. The van der Waals surface area contributed by atoms with Crippen molar-refractivity contribution in [1.82, 2.24) is 15.4 Å². The van der Waals surface area contributed by atoms with E-state index in [1.165, 1.54) is 0 Å². The van der Waals surface area contributed by atoms with Crippen LogP contribution in [0.5, 0.6) is 0 Å². The zero-order valence-corrected chi connectivity index (χ0v) is 8.99. The molecule has 3 aromatic rings. The van der Waals surface area contributed by atoms with Gasteiger partial charge in [0, 0.05) is 11.1 Å². The first-order valence-corrected chi connectivity index (χ1v) is 5.52. The summed E-state index contributed by atoms with van der Waals surface area (Å²) in [7, 11) is 0. The van der Waals surface area contributed by atoms with E-state index in [4.69, 9.17) is 10.3 Å². The Bertz CT molecular complexity index is 582. The third-order valence-corrected chi connectivity index (χ3v) is 3.13. The molecule has 0 radical (unpaired) electrons. The second-order valence-electron chi connectivity index (χ2n) is 3.24. The van der Waals surface area contributed by atoms with E-state index >= 15 is 0 Å². The van der Waals surface area contributed by atoms with Crippen LogP contribution in [0.2, 0.25) is 0 Å². The minimum Gasteiger partial charge on any atom is -0.380 e. The van der Waals surface area contributed by atoms with Gasteiger partial charge in [-0.05, 0) is 11.4 Å². The molecular weight excluding hydrogens is 224 g/mol. The maximum atomic E-state index is 5.81. The average Bonchev–Trinajstić information content (AvgIpc) is 2.96. The van der Waals surface area contributed by atoms with E-state index in [1.807, 2.05) is 17.5 Å². The first kappa shape index (κ1) is 9.17. The van der Waals surface area contributed by atoms with Crippen molar-refractivity contribution in [2.24, 2.45) is 0 Å². The molecule has 0 bridgehead atoms. The highest BCUT2D eigenvalue weighted by Gasteiger charge is 2.18. The Labute approximate surface area is 94.9 Å². The van der Waals surface area contributed by atoms with Crippen molar-refractivity contribution in [3.05, 3.63) is 29.9 Å². The Kier molecular flexibility index (Phi) is 2.00. The minimum absolute atomic E-state index is 0.402. The van der Waals surface area contributed by atoms with Gasteiger partial charge in [-0.25, -0.2) is 0 Å². The molecule has 3 heterocycles. The summed E-state index contributed by atoms with van der Waals surface area (Å²) in [4.78, 5) is 1.04. The third-order valence-electron chi connectivity index (χ3n) is 2.25. The van der Waals surface area contributed by atoms with Gasteiger partial charge in [0.1, 0.15) is 0 Å². The van der Waals surface area contributed by atoms with E-state index in [2.05, 4.69) is 15.4 Å². The van der Waals surface area contributed by atoms with Crippen molar-refractivity contribution in [2.75, 3.05) is 5.73 Å². The molecule has 0 atom stereocenters. The molecular formula is C10H8N4OS. The summed E-state index contributed by atoms with van der Waals surface area (Å²) >= 11 is 1.60. The molecule has 0 aliphatic carbocycles. The molecule has 0 amide bonds. The van der Waals surface area contributed by atoms with Crippen LogP contribution >= 0.6 is 11.3 Å². The number of nitrogen functional groups attached to an aromatic ring is 1. The number of rotatable bonds is 2. The standard InChI is InChI=1S/C10H8N4OS/c11-10-8(7-2-1-3-16-7)9(15-14-10)6-4-12-13-5-6/h1-5H,(H2,11,14)(H,12,13). The second kappa shape index (κ2) is 3.49. The van der Waals surface area contributed by atoms with Crippen LogP contribution in [0, 0.1) is 0 Å². The largest absolute Gasteiger partial charge is 0.380 e. The molecule has 0 unspecified atom stereocenters. The van der Waals surface area contributed by atoms with E-state index in [9.17, 15) is 0 Å². The van der Waals surface area contributed by atoms with Crippen molar-refractivity contribution in [3.63, 3.8) is 0 Å². The van der Waals surface area contributed by atoms with Gasteiger partial charge in [0.15, 0.2) is 11.6 Å². The lowest BCUT2D eigenvalue weighted by Crippen LogP contribution is -1.86. The van der Waals surface area contributed by atoms with Gasteiger partial charge in [-0.3, -0.25) is 5.10 Å². The summed E-state index contributed by atoms with van der Waals surface area (Å²) in [6.45, 7) is 0. The molecule has 3 aromatic heterocycles. The van der Waals surface area contributed by atoms with Crippen LogP contribution < -0.4 is 5.73 Å². The maximum Gasteiger partial charge on any atom is 0.180 e. The third kappa shape index (κ3) is 1.31. The molecule has 0 fully saturated rings. The van der Waals surface area contributed by atoms with Crippen molar-refractivity contribution >= 4 is 17.2 Å². The van der Waals surface area contributed by atoms with E-state index in [0.29, 0.717) is 11.6 Å². The average molecular weight is 232 g/mol. The fourth-order valence-corrected chi connectivity index (χ4v) is 2.31. The number of nitrogens with two attached hydrogens (primary N) is 1. The number of thiophene rings is 1. The number of nitrogens with zero attached hydrogens (tertiary/aromatic N) is 2. The highest BCUT2D eigenvalue weighted by molar-refractivity contribution is 7.13. The molecule has 80 valence electrons. The lowest BCUT2D eigenvalue weighted by molar-refractivity contribution is 0.436. The smallest absolute Gasteiger partial charge is 0.180 e. The van der Waals surface area contributed by atoms with Gasteiger partial charge in [0.05, 0.1) is 17.3 Å². The molecule has 0 saturated carbocycles. The highest BCUT2D eigenvalue weighted by atomic mass is 32.1. The van der Waals surface area contributed by atoms with Crippen LogP contribution in [-0.4, -0.2) is 15.4 Å². The van der Waals surface area contributed by atoms with Crippen molar-refractivity contribution in [1.29, 1.82) is 0 Å². The van der Waals surface area contributed by atoms with Gasteiger partial charge in [-0.15, -0.1) is 11.3 Å². The molecule has 0 spiro atoms. The van der Waals surface area contributed by atoms with Crippen LogP contribution in [0.4, 0.5) is 5.82 Å². The first-order chi connectivity index (χ1) is 7.86. The topological polar surface area (TPSA) is 80.7 Å². The lowest BCUT2D eigenvalue weighted by Gasteiger charge is -1.95. The minimum atomic E-state index is 0.402. The number of H-pyrrole nitrogens is 1. The number of nitrogens with one attached hydrogen (secondary N) is 1. The Morgan fingerprint density at radius 1 is 1.44 bits per heavy atom.